The van der Waals surface area contributed by atoms with E-state index in [-0.39, 0.29) is 0 Å². The Morgan fingerprint density at radius 2 is 0.760 bits per heavy atom. The molecule has 0 saturated heterocycles. The van der Waals surface area contributed by atoms with E-state index in [0.29, 0.717) is 0 Å². The average molecular weight is 371 g/mol. The van der Waals surface area contributed by atoms with Crippen LogP contribution in [0.5, 0.6) is 0 Å². The number of hydrogen-bond donors (Lipinski definition) is 0. The van der Waals surface area contributed by atoms with Gasteiger partial charge < -0.3 is 4.48 Å². The molecule has 2 heteroatoms. The fourth-order valence-electron chi connectivity index (χ4n) is 3.60. The topological polar surface area (TPSA) is 0 Å². The Balaban J connectivity index is 3.05. The van der Waals surface area contributed by atoms with Gasteiger partial charge in [0.05, 0.1) is 37.1 Å². The lowest BCUT2D eigenvalue weighted by Gasteiger charge is -2.28. The standard InChI is InChI=1S/C23H52NSi/c1-4-5-6-7-8-9-10-11-12-13-14-15-16-17-18-19-20-21-22-24(2,3)23-25/h4-23H2,1-3,25H3/q+1. The van der Waals surface area contributed by atoms with Crippen LogP contribution in [0.1, 0.15) is 122 Å². The molecule has 1 nitrogen and oxygen atoms in total. The van der Waals surface area contributed by atoms with Crippen molar-refractivity contribution in [1.29, 1.82) is 0 Å². The van der Waals surface area contributed by atoms with Crippen molar-refractivity contribution in [3.05, 3.63) is 0 Å². The third-order valence-corrected chi connectivity index (χ3v) is 7.69. The van der Waals surface area contributed by atoms with E-state index in [0.717, 1.165) is 0 Å². The quantitative estimate of drug-likeness (QED) is 0.132. The molecule has 0 radical (unpaired) electrons. The summed E-state index contributed by atoms with van der Waals surface area (Å²) in [4.78, 5) is 0. The molecule has 0 N–H and O–H groups in total. The Labute approximate surface area is 164 Å². The zero-order valence-electron chi connectivity index (χ0n) is 18.6. The Morgan fingerprint density at radius 1 is 0.480 bits per heavy atom. The van der Waals surface area contributed by atoms with Gasteiger partial charge in [0.15, 0.2) is 0 Å². The summed E-state index contributed by atoms with van der Waals surface area (Å²) < 4.78 is 1.26. The molecule has 0 aliphatic heterocycles. The molecule has 0 aliphatic carbocycles. The monoisotopic (exact) mass is 370 g/mol. The summed E-state index contributed by atoms with van der Waals surface area (Å²) in [6.07, 6.45) is 27.9. The minimum Gasteiger partial charge on any atom is -0.333 e. The SMILES string of the molecule is CCCCCCCCCCCCCCCCCCCC[N+](C)(C)C[SiH3]. The highest BCUT2D eigenvalue weighted by Gasteiger charge is 2.09. The van der Waals surface area contributed by atoms with Gasteiger partial charge in [0.1, 0.15) is 0 Å². The second-order valence-electron chi connectivity index (χ2n) is 8.99. The van der Waals surface area contributed by atoms with Crippen LogP contribution in [0.15, 0.2) is 0 Å². The van der Waals surface area contributed by atoms with Gasteiger partial charge in [-0.3, -0.25) is 0 Å². The van der Waals surface area contributed by atoms with Crippen LogP contribution in [0.25, 0.3) is 0 Å². The molecular weight excluding hydrogens is 318 g/mol. The molecule has 0 rings (SSSR count). The first kappa shape index (κ1) is 25.2. The molecule has 0 heterocycles. The molecule has 0 aromatic rings. The van der Waals surface area contributed by atoms with Crippen molar-refractivity contribution in [3.8, 4) is 0 Å². The average Bonchev–Trinajstić information content (AvgIpc) is 2.60. The molecule has 0 aliphatic rings. The van der Waals surface area contributed by atoms with Crippen LogP contribution in [0, 0.1) is 0 Å². The van der Waals surface area contributed by atoms with Gasteiger partial charge in [-0.2, -0.15) is 0 Å². The largest absolute Gasteiger partial charge is 0.333 e. The predicted octanol–water partition coefficient (Wildman–Crippen LogP) is 6.43. The van der Waals surface area contributed by atoms with Gasteiger partial charge in [-0.25, -0.2) is 0 Å². The summed E-state index contributed by atoms with van der Waals surface area (Å²) >= 11 is 0. The van der Waals surface area contributed by atoms with E-state index < -0.39 is 0 Å². The van der Waals surface area contributed by atoms with Crippen molar-refractivity contribution >= 4 is 10.2 Å². The van der Waals surface area contributed by atoms with Gasteiger partial charge in [-0.1, -0.05) is 110 Å². The number of hydrogen-bond acceptors (Lipinski definition) is 0. The van der Waals surface area contributed by atoms with Gasteiger partial charge >= 0.3 is 0 Å². The van der Waals surface area contributed by atoms with E-state index >= 15 is 0 Å². The highest BCUT2D eigenvalue weighted by atomic mass is 28.1. The Morgan fingerprint density at radius 3 is 1.04 bits per heavy atom. The van der Waals surface area contributed by atoms with Crippen molar-refractivity contribution in [2.75, 3.05) is 26.8 Å². The van der Waals surface area contributed by atoms with Crippen LogP contribution in [0.3, 0.4) is 0 Å². The van der Waals surface area contributed by atoms with Gasteiger partial charge in [0, 0.05) is 0 Å². The summed E-state index contributed by atoms with van der Waals surface area (Å²) in [6.45, 7) is 3.69. The lowest BCUT2D eigenvalue weighted by molar-refractivity contribution is -0.879. The highest BCUT2D eigenvalue weighted by molar-refractivity contribution is 6.08. The maximum absolute atomic E-state index is 2.39. The molecule has 0 aromatic heterocycles. The third kappa shape index (κ3) is 20.3. The third-order valence-electron chi connectivity index (χ3n) is 5.97. The summed E-state index contributed by atoms with van der Waals surface area (Å²) in [6, 6.07) is 0. The number of unbranched alkanes of at least 4 members (excludes halogenated alkanes) is 17. The Bertz CT molecular complexity index is 252. The van der Waals surface area contributed by atoms with Crippen LogP contribution in [-0.4, -0.2) is 41.5 Å². The summed E-state index contributed by atoms with van der Waals surface area (Å²) in [5.41, 5.74) is 0. The molecule has 0 amide bonds. The zero-order chi connectivity index (χ0) is 18.6. The maximum atomic E-state index is 2.39. The van der Waals surface area contributed by atoms with Crippen LogP contribution < -0.4 is 0 Å². The lowest BCUT2D eigenvalue weighted by atomic mass is 10.0. The lowest BCUT2D eigenvalue weighted by Crippen LogP contribution is -2.41. The molecule has 25 heavy (non-hydrogen) atoms. The smallest absolute Gasteiger partial charge is 0.0779 e. The first-order valence-electron chi connectivity index (χ1n) is 11.9. The van der Waals surface area contributed by atoms with Gasteiger partial charge in [-0.15, -0.1) is 0 Å². The minimum absolute atomic E-state index is 1.26. The fourth-order valence-corrected chi connectivity index (χ4v) is 3.92. The van der Waals surface area contributed by atoms with E-state index in [2.05, 4.69) is 21.0 Å². The Kier molecular flexibility index (Phi) is 19.1. The van der Waals surface area contributed by atoms with E-state index in [1.165, 1.54) is 143 Å². The van der Waals surface area contributed by atoms with Gasteiger partial charge in [-0.05, 0) is 12.8 Å². The van der Waals surface area contributed by atoms with Crippen molar-refractivity contribution < 1.29 is 4.48 Å². The summed E-state index contributed by atoms with van der Waals surface area (Å²) in [5, 5.41) is 0. The highest BCUT2D eigenvalue weighted by Crippen LogP contribution is 2.14. The summed E-state index contributed by atoms with van der Waals surface area (Å²) in [5.74, 6) is 0. The minimum atomic E-state index is 1.26. The number of quaternary nitrogens is 1. The predicted molar refractivity (Wildman–Crippen MR) is 121 cm³/mol. The fraction of sp³-hybridized carbons (Fsp3) is 1.00. The number of rotatable bonds is 20. The molecule has 152 valence electrons. The van der Waals surface area contributed by atoms with E-state index in [9.17, 15) is 0 Å². The van der Waals surface area contributed by atoms with Crippen LogP contribution in [-0.2, 0) is 0 Å². The Hall–Kier alpha value is 0.177. The van der Waals surface area contributed by atoms with Gasteiger partial charge in [0.25, 0.3) is 0 Å². The van der Waals surface area contributed by atoms with Crippen molar-refractivity contribution in [2.45, 2.75) is 122 Å². The van der Waals surface area contributed by atoms with Gasteiger partial charge in [0.2, 0.25) is 0 Å². The first-order chi connectivity index (χ1) is 12.1. The first-order valence-corrected chi connectivity index (χ1v) is 13.4. The van der Waals surface area contributed by atoms with Crippen molar-refractivity contribution in [3.63, 3.8) is 0 Å². The van der Waals surface area contributed by atoms with Crippen LogP contribution in [0.2, 0.25) is 0 Å². The molecule has 0 spiro atoms. The summed E-state index contributed by atoms with van der Waals surface area (Å²) in [7, 11) is 6.12. The molecule has 0 atom stereocenters. The van der Waals surface area contributed by atoms with Crippen LogP contribution >= 0.6 is 0 Å². The second-order valence-corrected chi connectivity index (χ2v) is 9.62. The zero-order valence-corrected chi connectivity index (χ0v) is 20.6. The molecule has 0 saturated carbocycles. The normalized spacial score (nSPS) is 12.1. The maximum Gasteiger partial charge on any atom is 0.0779 e. The molecule has 0 aromatic carbocycles. The van der Waals surface area contributed by atoms with Crippen molar-refractivity contribution in [1.82, 2.24) is 0 Å². The van der Waals surface area contributed by atoms with E-state index in [1.807, 2.05) is 0 Å². The molecular formula is C23H52NSi+. The van der Waals surface area contributed by atoms with Crippen molar-refractivity contribution in [2.24, 2.45) is 0 Å². The van der Waals surface area contributed by atoms with Crippen LogP contribution in [0.4, 0.5) is 0 Å². The van der Waals surface area contributed by atoms with E-state index in [1.54, 1.807) is 0 Å². The second kappa shape index (κ2) is 19.0. The number of nitrogens with zero attached hydrogens (tertiary/aromatic N) is 1. The molecule has 0 fully saturated rings. The molecule has 0 bridgehead atoms. The van der Waals surface area contributed by atoms with E-state index in [4.69, 9.17) is 0 Å². The molecule has 0 unspecified atom stereocenters.